The third kappa shape index (κ3) is 3.32. The van der Waals surface area contributed by atoms with E-state index in [2.05, 4.69) is 4.90 Å². The van der Waals surface area contributed by atoms with Gasteiger partial charge >= 0.3 is 0 Å². The summed E-state index contributed by atoms with van der Waals surface area (Å²) in [5.41, 5.74) is 0. The molecule has 0 saturated carbocycles. The summed E-state index contributed by atoms with van der Waals surface area (Å²) in [5.74, 6) is 0.207. The molecule has 2 saturated heterocycles. The lowest BCUT2D eigenvalue weighted by Gasteiger charge is -2.43. The van der Waals surface area contributed by atoms with Crippen LogP contribution in [0.15, 0.2) is 0 Å². The van der Waals surface area contributed by atoms with E-state index in [4.69, 9.17) is 0 Å². The monoisotopic (exact) mass is 303 g/mol. The topological polar surface area (TPSA) is 60.9 Å². The Morgan fingerprint density at radius 3 is 2.20 bits per heavy atom. The molecule has 0 bridgehead atoms. The molecule has 0 radical (unpaired) electrons. The predicted octanol–water partition coefficient (Wildman–Crippen LogP) is -0.0370. The maximum atomic E-state index is 12.5. The highest BCUT2D eigenvalue weighted by Gasteiger charge is 2.36. The van der Waals surface area contributed by atoms with E-state index in [1.54, 1.807) is 0 Å². The highest BCUT2D eigenvalue weighted by Crippen LogP contribution is 2.21. The number of rotatable bonds is 3. The number of hydrogen-bond acceptors (Lipinski definition) is 4. The maximum Gasteiger partial charge on any atom is 0.240 e. The van der Waals surface area contributed by atoms with Crippen molar-refractivity contribution in [1.82, 2.24) is 14.1 Å². The molecule has 2 aliphatic heterocycles. The number of amides is 1. The summed E-state index contributed by atoms with van der Waals surface area (Å²) in [6.07, 6.45) is 3.16. The van der Waals surface area contributed by atoms with Crippen molar-refractivity contribution in [3.05, 3.63) is 0 Å². The van der Waals surface area contributed by atoms with E-state index in [9.17, 15) is 13.2 Å². The van der Waals surface area contributed by atoms with E-state index in [-0.39, 0.29) is 18.0 Å². The number of piperidine rings is 1. The Balaban J connectivity index is 1.98. The van der Waals surface area contributed by atoms with Gasteiger partial charge in [0.15, 0.2) is 0 Å². The molecule has 2 fully saturated rings. The van der Waals surface area contributed by atoms with Crippen LogP contribution in [0.25, 0.3) is 0 Å². The van der Waals surface area contributed by atoms with Crippen LogP contribution in [0, 0.1) is 0 Å². The number of carbonyl (C=O) groups is 1. The first-order valence-corrected chi connectivity index (χ1v) is 9.15. The van der Waals surface area contributed by atoms with Gasteiger partial charge in [0.25, 0.3) is 0 Å². The minimum absolute atomic E-state index is 0.0622. The van der Waals surface area contributed by atoms with E-state index in [1.807, 2.05) is 18.7 Å². The van der Waals surface area contributed by atoms with Crippen LogP contribution in [0.1, 0.15) is 26.7 Å². The molecule has 2 rings (SSSR count). The summed E-state index contributed by atoms with van der Waals surface area (Å²) in [7, 11) is -3.11. The number of hydrogen-bond donors (Lipinski definition) is 0. The number of piperazine rings is 1. The first-order valence-electron chi connectivity index (χ1n) is 7.30. The van der Waals surface area contributed by atoms with E-state index < -0.39 is 10.0 Å². The Hall–Kier alpha value is -0.660. The van der Waals surface area contributed by atoms with E-state index in [0.717, 1.165) is 19.4 Å². The molecule has 7 heteroatoms. The molecule has 2 heterocycles. The minimum Gasteiger partial charge on any atom is -0.339 e. The largest absolute Gasteiger partial charge is 0.339 e. The first kappa shape index (κ1) is 15.7. The Kier molecular flexibility index (Phi) is 4.71. The van der Waals surface area contributed by atoms with Crippen LogP contribution in [-0.4, -0.2) is 79.5 Å². The lowest BCUT2D eigenvalue weighted by molar-refractivity contribution is -0.142. The maximum absolute atomic E-state index is 12.5. The lowest BCUT2D eigenvalue weighted by atomic mass is 10.0. The quantitative estimate of drug-likeness (QED) is 0.734. The average Bonchev–Trinajstić information content (AvgIpc) is 2.38. The zero-order chi connectivity index (χ0) is 14.9. The lowest BCUT2D eigenvalue weighted by Crippen LogP contribution is -2.59. The molecular formula is C13H25N3O3S. The Morgan fingerprint density at radius 1 is 1.10 bits per heavy atom. The molecule has 0 aromatic rings. The van der Waals surface area contributed by atoms with Gasteiger partial charge in [-0.15, -0.1) is 0 Å². The molecule has 0 aromatic heterocycles. The van der Waals surface area contributed by atoms with Crippen molar-refractivity contribution in [2.75, 3.05) is 39.0 Å². The molecular weight excluding hydrogens is 278 g/mol. The van der Waals surface area contributed by atoms with Crippen molar-refractivity contribution in [3.8, 4) is 0 Å². The van der Waals surface area contributed by atoms with Crippen molar-refractivity contribution in [2.45, 2.75) is 38.8 Å². The van der Waals surface area contributed by atoms with Crippen LogP contribution in [0.2, 0.25) is 0 Å². The second kappa shape index (κ2) is 5.99. The summed E-state index contributed by atoms with van der Waals surface area (Å²) in [6, 6.07) is 0.176. The minimum atomic E-state index is -3.11. The standard InChI is InChI=1S/C13H25N3O3S/c1-11(2)16-6-4-5-12(13(16)17)14-7-9-15(10-8-14)20(3,18)19/h11-12H,4-10H2,1-3H3/t12-/m0/s1. The van der Waals surface area contributed by atoms with Gasteiger partial charge < -0.3 is 4.90 Å². The molecule has 0 aliphatic carbocycles. The number of likely N-dealkylation sites (tertiary alicyclic amines) is 1. The highest BCUT2D eigenvalue weighted by atomic mass is 32.2. The second-order valence-electron chi connectivity index (χ2n) is 5.98. The van der Waals surface area contributed by atoms with Crippen LogP contribution in [0.3, 0.4) is 0 Å². The van der Waals surface area contributed by atoms with Crippen LogP contribution < -0.4 is 0 Å². The second-order valence-corrected chi connectivity index (χ2v) is 7.96. The van der Waals surface area contributed by atoms with E-state index >= 15 is 0 Å². The molecule has 0 spiro atoms. The van der Waals surface area contributed by atoms with Gasteiger partial charge in [0, 0.05) is 38.8 Å². The molecule has 6 nitrogen and oxygen atoms in total. The molecule has 0 N–H and O–H groups in total. The third-order valence-corrected chi connectivity index (χ3v) is 5.55. The van der Waals surface area contributed by atoms with Gasteiger partial charge in [0.2, 0.25) is 15.9 Å². The SMILES string of the molecule is CC(C)N1CCC[C@H](N2CCN(S(C)(=O)=O)CC2)C1=O. The van der Waals surface area contributed by atoms with Gasteiger partial charge in [-0.05, 0) is 26.7 Å². The van der Waals surface area contributed by atoms with E-state index in [1.165, 1.54) is 10.6 Å². The fourth-order valence-corrected chi connectivity index (χ4v) is 3.90. The van der Waals surface area contributed by atoms with Crippen LogP contribution in [-0.2, 0) is 14.8 Å². The van der Waals surface area contributed by atoms with Gasteiger partial charge in [-0.1, -0.05) is 0 Å². The predicted molar refractivity (Wildman–Crippen MR) is 77.9 cm³/mol. The van der Waals surface area contributed by atoms with Crippen LogP contribution >= 0.6 is 0 Å². The van der Waals surface area contributed by atoms with Crippen molar-refractivity contribution < 1.29 is 13.2 Å². The Morgan fingerprint density at radius 2 is 1.70 bits per heavy atom. The van der Waals surface area contributed by atoms with Crippen molar-refractivity contribution in [3.63, 3.8) is 0 Å². The molecule has 0 aromatic carbocycles. The molecule has 20 heavy (non-hydrogen) atoms. The fraction of sp³-hybridized carbons (Fsp3) is 0.923. The fourth-order valence-electron chi connectivity index (χ4n) is 3.08. The zero-order valence-corrected chi connectivity index (χ0v) is 13.4. The Labute approximate surface area is 121 Å². The van der Waals surface area contributed by atoms with Gasteiger partial charge in [-0.25, -0.2) is 8.42 Å². The summed E-state index contributed by atoms with van der Waals surface area (Å²) in [5, 5.41) is 0. The number of nitrogens with zero attached hydrogens (tertiary/aromatic N) is 3. The van der Waals surface area contributed by atoms with Crippen LogP contribution in [0.4, 0.5) is 0 Å². The summed E-state index contributed by atoms with van der Waals surface area (Å²) < 4.78 is 24.5. The first-order chi connectivity index (χ1) is 9.30. The number of carbonyl (C=O) groups excluding carboxylic acids is 1. The molecule has 0 unspecified atom stereocenters. The van der Waals surface area contributed by atoms with Crippen LogP contribution in [0.5, 0.6) is 0 Å². The zero-order valence-electron chi connectivity index (χ0n) is 12.6. The highest BCUT2D eigenvalue weighted by molar-refractivity contribution is 7.88. The van der Waals surface area contributed by atoms with Crippen molar-refractivity contribution in [2.24, 2.45) is 0 Å². The molecule has 1 atom stereocenters. The van der Waals surface area contributed by atoms with Gasteiger partial charge in [0.05, 0.1) is 12.3 Å². The van der Waals surface area contributed by atoms with Crippen molar-refractivity contribution >= 4 is 15.9 Å². The smallest absolute Gasteiger partial charge is 0.240 e. The average molecular weight is 303 g/mol. The van der Waals surface area contributed by atoms with E-state index in [0.29, 0.717) is 26.2 Å². The van der Waals surface area contributed by atoms with Crippen molar-refractivity contribution in [1.29, 1.82) is 0 Å². The summed E-state index contributed by atoms with van der Waals surface area (Å²) >= 11 is 0. The Bertz CT molecular complexity index is 455. The van der Waals surface area contributed by atoms with Gasteiger partial charge in [-0.2, -0.15) is 4.31 Å². The number of sulfonamides is 1. The van der Waals surface area contributed by atoms with Gasteiger partial charge in [0.1, 0.15) is 0 Å². The molecule has 116 valence electrons. The third-order valence-electron chi connectivity index (χ3n) is 4.25. The normalized spacial score (nSPS) is 27.3. The molecule has 1 amide bonds. The molecule has 2 aliphatic rings. The summed E-state index contributed by atoms with van der Waals surface area (Å²) in [6.45, 7) is 7.21. The summed E-state index contributed by atoms with van der Waals surface area (Å²) in [4.78, 5) is 16.6. The van der Waals surface area contributed by atoms with Gasteiger partial charge in [-0.3, -0.25) is 9.69 Å².